The van der Waals surface area contributed by atoms with Gasteiger partial charge in [-0.2, -0.15) is 0 Å². The van der Waals surface area contributed by atoms with Crippen LogP contribution in [0, 0.1) is 10.8 Å². The van der Waals surface area contributed by atoms with Gasteiger partial charge in [-0.1, -0.05) is 45.4 Å². The molecule has 2 nitrogen and oxygen atoms in total. The molecule has 0 saturated heterocycles. The molecule has 0 atom stereocenters. The second-order valence-corrected chi connectivity index (χ2v) is 7.82. The number of hydrogen-bond donors (Lipinski definition) is 1. The van der Waals surface area contributed by atoms with Crippen molar-refractivity contribution in [1.29, 1.82) is 0 Å². The van der Waals surface area contributed by atoms with Crippen LogP contribution in [0.15, 0.2) is 4.99 Å². The van der Waals surface area contributed by atoms with Gasteiger partial charge in [-0.3, -0.25) is 4.99 Å². The minimum absolute atomic E-state index is 0.416. The minimum Gasteiger partial charge on any atom is -0.365 e. The highest BCUT2D eigenvalue weighted by molar-refractivity contribution is 8.13. The molecule has 2 aliphatic rings. The third-order valence-corrected chi connectivity index (χ3v) is 5.19. The van der Waals surface area contributed by atoms with Crippen LogP contribution in [0.5, 0.6) is 0 Å². The van der Waals surface area contributed by atoms with E-state index >= 15 is 0 Å². The second kappa shape index (κ2) is 5.21. The van der Waals surface area contributed by atoms with E-state index in [4.69, 9.17) is 4.99 Å². The molecule has 0 aromatic carbocycles. The van der Waals surface area contributed by atoms with Crippen LogP contribution in [0.25, 0.3) is 0 Å². The van der Waals surface area contributed by atoms with Crippen LogP contribution >= 0.6 is 11.8 Å². The average molecular weight is 254 g/mol. The summed E-state index contributed by atoms with van der Waals surface area (Å²) in [6.45, 7) is 8.99. The monoisotopic (exact) mass is 254 g/mol. The topological polar surface area (TPSA) is 24.4 Å². The maximum absolute atomic E-state index is 4.75. The third-order valence-electron chi connectivity index (χ3n) is 3.89. The van der Waals surface area contributed by atoms with Gasteiger partial charge in [0.2, 0.25) is 0 Å². The van der Waals surface area contributed by atoms with Crippen molar-refractivity contribution in [3.8, 4) is 0 Å². The van der Waals surface area contributed by atoms with Gasteiger partial charge < -0.3 is 5.32 Å². The summed E-state index contributed by atoms with van der Waals surface area (Å²) in [5.74, 6) is 1.29. The van der Waals surface area contributed by atoms with Crippen molar-refractivity contribution in [3.63, 3.8) is 0 Å². The van der Waals surface area contributed by atoms with Crippen LogP contribution in [0.3, 0.4) is 0 Å². The number of amidine groups is 1. The van der Waals surface area contributed by atoms with Crippen molar-refractivity contribution in [2.24, 2.45) is 15.8 Å². The SMILES string of the molecule is CC(C)(C)CCNC1=NCC2(CCCC2)CS1. The maximum atomic E-state index is 4.75. The molecular formula is C14H26N2S. The van der Waals surface area contributed by atoms with Crippen molar-refractivity contribution in [3.05, 3.63) is 0 Å². The van der Waals surface area contributed by atoms with Gasteiger partial charge in [-0.05, 0) is 30.1 Å². The van der Waals surface area contributed by atoms with Crippen LogP contribution in [0.4, 0.5) is 0 Å². The molecule has 1 aliphatic carbocycles. The lowest BCUT2D eigenvalue weighted by molar-refractivity contribution is 0.356. The van der Waals surface area contributed by atoms with E-state index in [0.717, 1.165) is 13.1 Å². The Morgan fingerprint density at radius 3 is 2.53 bits per heavy atom. The number of rotatable bonds is 2. The Hall–Kier alpha value is -0.180. The molecule has 1 aliphatic heterocycles. The number of nitrogens with one attached hydrogen (secondary N) is 1. The van der Waals surface area contributed by atoms with Gasteiger partial charge >= 0.3 is 0 Å². The smallest absolute Gasteiger partial charge is 0.156 e. The molecule has 2 rings (SSSR count). The fraction of sp³-hybridized carbons (Fsp3) is 0.929. The zero-order chi connectivity index (χ0) is 12.4. The van der Waals surface area contributed by atoms with E-state index in [1.165, 1.54) is 43.0 Å². The lowest BCUT2D eigenvalue weighted by Crippen LogP contribution is -2.34. The van der Waals surface area contributed by atoms with Crippen molar-refractivity contribution in [1.82, 2.24) is 5.32 Å². The van der Waals surface area contributed by atoms with E-state index < -0.39 is 0 Å². The third kappa shape index (κ3) is 3.90. The Bertz CT molecular complexity index is 285. The first kappa shape index (κ1) is 13.3. The van der Waals surface area contributed by atoms with E-state index in [9.17, 15) is 0 Å². The van der Waals surface area contributed by atoms with Crippen LogP contribution < -0.4 is 5.32 Å². The second-order valence-electron chi connectivity index (χ2n) is 6.85. The molecule has 1 heterocycles. The summed E-state index contributed by atoms with van der Waals surface area (Å²) >= 11 is 1.95. The van der Waals surface area contributed by atoms with E-state index in [-0.39, 0.29) is 0 Å². The predicted octanol–water partition coefficient (Wildman–Crippen LogP) is 3.68. The number of hydrogen-bond acceptors (Lipinski definition) is 3. The van der Waals surface area contributed by atoms with Gasteiger partial charge in [0, 0.05) is 18.8 Å². The molecule has 1 saturated carbocycles. The Labute approximate surface area is 110 Å². The maximum Gasteiger partial charge on any atom is 0.156 e. The molecule has 1 fully saturated rings. The summed E-state index contributed by atoms with van der Waals surface area (Å²) in [6.07, 6.45) is 6.85. The van der Waals surface area contributed by atoms with Crippen LogP contribution in [-0.4, -0.2) is 24.0 Å². The summed E-state index contributed by atoms with van der Waals surface area (Å²) in [7, 11) is 0. The summed E-state index contributed by atoms with van der Waals surface area (Å²) < 4.78 is 0. The van der Waals surface area contributed by atoms with Crippen molar-refractivity contribution in [2.45, 2.75) is 52.9 Å². The Kier molecular flexibility index (Phi) is 4.06. The molecule has 98 valence electrons. The molecule has 0 aromatic rings. The Morgan fingerprint density at radius 1 is 1.29 bits per heavy atom. The fourth-order valence-electron chi connectivity index (χ4n) is 2.63. The standard InChI is InChI=1S/C14H26N2S/c1-13(2,3)8-9-15-12-16-10-14(11-17-12)6-4-5-7-14/h4-11H2,1-3H3,(H,15,16). The van der Waals surface area contributed by atoms with Gasteiger partial charge in [0.1, 0.15) is 0 Å². The zero-order valence-electron chi connectivity index (χ0n) is 11.5. The van der Waals surface area contributed by atoms with Crippen molar-refractivity contribution in [2.75, 3.05) is 18.8 Å². The normalized spacial score (nSPS) is 23.8. The number of aliphatic imine (C=N–C) groups is 1. The van der Waals surface area contributed by atoms with Crippen molar-refractivity contribution < 1.29 is 0 Å². The number of thioether (sulfide) groups is 1. The average Bonchev–Trinajstić information content (AvgIpc) is 2.68. The first-order chi connectivity index (χ1) is 7.99. The molecule has 0 bridgehead atoms. The molecule has 1 N–H and O–H groups in total. The summed E-state index contributed by atoms with van der Waals surface area (Å²) in [6, 6.07) is 0. The highest BCUT2D eigenvalue weighted by Crippen LogP contribution is 2.43. The lowest BCUT2D eigenvalue weighted by atomic mass is 9.89. The molecule has 0 unspecified atom stereocenters. The van der Waals surface area contributed by atoms with Crippen LogP contribution in [0.2, 0.25) is 0 Å². The summed E-state index contributed by atoms with van der Waals surface area (Å²) in [5.41, 5.74) is 0.986. The number of nitrogens with zero attached hydrogens (tertiary/aromatic N) is 1. The van der Waals surface area contributed by atoms with Crippen molar-refractivity contribution >= 4 is 16.9 Å². The van der Waals surface area contributed by atoms with Gasteiger partial charge in [-0.15, -0.1) is 0 Å². The van der Waals surface area contributed by atoms with E-state index in [0.29, 0.717) is 10.8 Å². The Morgan fingerprint density at radius 2 is 2.00 bits per heavy atom. The molecular weight excluding hydrogens is 228 g/mol. The van der Waals surface area contributed by atoms with Gasteiger partial charge in [-0.25, -0.2) is 0 Å². The molecule has 0 aromatic heterocycles. The lowest BCUT2D eigenvalue weighted by Gasteiger charge is -2.31. The first-order valence-electron chi connectivity index (χ1n) is 6.90. The quantitative estimate of drug-likeness (QED) is 0.813. The predicted molar refractivity (Wildman–Crippen MR) is 77.7 cm³/mol. The molecule has 3 heteroatoms. The highest BCUT2D eigenvalue weighted by Gasteiger charge is 2.36. The van der Waals surface area contributed by atoms with E-state index in [2.05, 4.69) is 26.1 Å². The zero-order valence-corrected chi connectivity index (χ0v) is 12.3. The molecule has 0 amide bonds. The summed E-state index contributed by atoms with van der Waals surface area (Å²) in [4.78, 5) is 4.75. The Balaban J connectivity index is 1.75. The first-order valence-corrected chi connectivity index (χ1v) is 7.89. The summed E-state index contributed by atoms with van der Waals surface area (Å²) in [5, 5.41) is 4.68. The van der Waals surface area contributed by atoms with Gasteiger partial charge in [0.25, 0.3) is 0 Å². The van der Waals surface area contributed by atoms with E-state index in [1.807, 2.05) is 11.8 Å². The largest absolute Gasteiger partial charge is 0.365 e. The highest BCUT2D eigenvalue weighted by atomic mass is 32.2. The molecule has 17 heavy (non-hydrogen) atoms. The molecule has 1 spiro atoms. The van der Waals surface area contributed by atoms with Gasteiger partial charge in [0.05, 0.1) is 0 Å². The van der Waals surface area contributed by atoms with Crippen LogP contribution in [0.1, 0.15) is 52.9 Å². The van der Waals surface area contributed by atoms with Gasteiger partial charge in [0.15, 0.2) is 5.17 Å². The fourth-order valence-corrected chi connectivity index (χ4v) is 3.81. The van der Waals surface area contributed by atoms with E-state index in [1.54, 1.807) is 0 Å². The minimum atomic E-state index is 0.416. The molecule has 0 radical (unpaired) electrons. The van der Waals surface area contributed by atoms with Crippen LogP contribution in [-0.2, 0) is 0 Å².